The minimum Gasteiger partial charge on any atom is -0.348 e. The molecule has 0 aliphatic carbocycles. The molecule has 0 spiro atoms. The number of aromatic nitrogens is 2. The van der Waals surface area contributed by atoms with Gasteiger partial charge in [-0.2, -0.15) is 5.10 Å². The lowest BCUT2D eigenvalue weighted by molar-refractivity contribution is 0.0936. The molecule has 116 valence electrons. The Morgan fingerprint density at radius 2 is 2.14 bits per heavy atom. The van der Waals surface area contributed by atoms with Gasteiger partial charge in [-0.15, -0.1) is 0 Å². The van der Waals surface area contributed by atoms with E-state index in [4.69, 9.17) is 0 Å². The summed E-state index contributed by atoms with van der Waals surface area (Å²) in [5.41, 5.74) is 3.98. The quantitative estimate of drug-likeness (QED) is 0.903. The number of benzene rings is 1. The van der Waals surface area contributed by atoms with E-state index < -0.39 is 0 Å². The van der Waals surface area contributed by atoms with Gasteiger partial charge in [-0.25, -0.2) is 0 Å². The number of carbonyl (C=O) groups is 1. The van der Waals surface area contributed by atoms with Gasteiger partial charge in [-0.05, 0) is 19.4 Å². The molecule has 5 nitrogen and oxygen atoms in total. The molecule has 1 aliphatic rings. The molecule has 0 unspecified atom stereocenters. The molecule has 0 atom stereocenters. The van der Waals surface area contributed by atoms with Crippen LogP contribution in [-0.2, 0) is 19.5 Å². The van der Waals surface area contributed by atoms with Crippen molar-refractivity contribution in [3.63, 3.8) is 0 Å². The molecule has 3 rings (SSSR count). The van der Waals surface area contributed by atoms with Crippen LogP contribution in [0, 0.1) is 0 Å². The molecular weight excluding hydrogens is 276 g/mol. The summed E-state index contributed by atoms with van der Waals surface area (Å²) >= 11 is 0. The fourth-order valence-electron chi connectivity index (χ4n) is 2.82. The maximum Gasteiger partial charge on any atom is 0.272 e. The Bertz CT molecular complexity index is 661. The zero-order valence-corrected chi connectivity index (χ0v) is 13.1. The topological polar surface area (TPSA) is 59.0 Å². The third-order valence-electron chi connectivity index (χ3n) is 3.82. The normalized spacial score (nSPS) is 14.0. The summed E-state index contributed by atoms with van der Waals surface area (Å²) in [7, 11) is 0. The molecule has 0 saturated heterocycles. The van der Waals surface area contributed by atoms with E-state index in [2.05, 4.69) is 27.9 Å². The van der Waals surface area contributed by atoms with Gasteiger partial charge in [0.2, 0.25) is 0 Å². The minimum absolute atomic E-state index is 0.0817. The zero-order valence-electron chi connectivity index (χ0n) is 13.1. The first-order valence-corrected chi connectivity index (χ1v) is 7.79. The Hall–Kier alpha value is -2.14. The van der Waals surface area contributed by atoms with Crippen LogP contribution >= 0.6 is 0 Å². The van der Waals surface area contributed by atoms with Crippen LogP contribution in [0.4, 0.5) is 0 Å². The van der Waals surface area contributed by atoms with E-state index in [1.165, 1.54) is 11.3 Å². The molecular formula is C17H22N4O. The molecule has 2 aromatic rings. The van der Waals surface area contributed by atoms with Gasteiger partial charge in [0.25, 0.3) is 5.91 Å². The van der Waals surface area contributed by atoms with Crippen molar-refractivity contribution in [3.05, 3.63) is 52.8 Å². The fourth-order valence-corrected chi connectivity index (χ4v) is 2.82. The zero-order chi connectivity index (χ0) is 15.5. The number of nitrogens with zero attached hydrogens (tertiary/aromatic N) is 2. The second-order valence-corrected chi connectivity index (χ2v) is 5.97. The van der Waals surface area contributed by atoms with Gasteiger partial charge in [0.05, 0.1) is 6.54 Å². The van der Waals surface area contributed by atoms with Gasteiger partial charge < -0.3 is 10.6 Å². The predicted octanol–water partition coefficient (Wildman–Crippen LogP) is 1.72. The highest BCUT2D eigenvalue weighted by atomic mass is 16.2. The molecule has 2 N–H and O–H groups in total. The van der Waals surface area contributed by atoms with E-state index >= 15 is 0 Å². The van der Waals surface area contributed by atoms with Crippen LogP contribution in [0.1, 0.15) is 41.2 Å². The number of hydrogen-bond donors (Lipinski definition) is 2. The molecule has 0 saturated carbocycles. The van der Waals surface area contributed by atoms with Crippen molar-refractivity contribution < 1.29 is 4.79 Å². The molecule has 22 heavy (non-hydrogen) atoms. The molecule has 5 heteroatoms. The summed E-state index contributed by atoms with van der Waals surface area (Å²) in [6.07, 6.45) is 0.907. The largest absolute Gasteiger partial charge is 0.348 e. The van der Waals surface area contributed by atoms with E-state index in [9.17, 15) is 4.79 Å². The Morgan fingerprint density at radius 1 is 1.36 bits per heavy atom. The van der Waals surface area contributed by atoms with Crippen LogP contribution in [0.15, 0.2) is 30.3 Å². The minimum atomic E-state index is -0.0817. The summed E-state index contributed by atoms with van der Waals surface area (Å²) < 4.78 is 1.99. The summed E-state index contributed by atoms with van der Waals surface area (Å²) in [5.74, 6) is -0.0817. The van der Waals surface area contributed by atoms with Crippen LogP contribution in [0.2, 0.25) is 0 Å². The fraction of sp³-hybridized carbons (Fsp3) is 0.412. The lowest BCUT2D eigenvalue weighted by Gasteiger charge is -2.16. The number of carbonyl (C=O) groups excluding carboxylic acids is 1. The van der Waals surface area contributed by atoms with E-state index in [-0.39, 0.29) is 11.9 Å². The Labute approximate surface area is 130 Å². The van der Waals surface area contributed by atoms with Crippen molar-refractivity contribution in [2.45, 2.75) is 39.4 Å². The van der Waals surface area contributed by atoms with Crippen molar-refractivity contribution in [2.24, 2.45) is 0 Å². The molecule has 2 heterocycles. The summed E-state index contributed by atoms with van der Waals surface area (Å²) in [6.45, 7) is 6.27. The molecule has 0 fully saturated rings. The molecule has 1 aliphatic heterocycles. The van der Waals surface area contributed by atoms with Gasteiger partial charge in [-0.1, -0.05) is 30.3 Å². The molecule has 0 bridgehead atoms. The third-order valence-corrected chi connectivity index (χ3v) is 3.82. The predicted molar refractivity (Wildman–Crippen MR) is 85.8 cm³/mol. The van der Waals surface area contributed by atoms with Gasteiger partial charge in [0.15, 0.2) is 5.69 Å². The lowest BCUT2D eigenvalue weighted by atomic mass is 10.1. The lowest BCUT2D eigenvalue weighted by Crippen LogP contribution is -2.32. The average Bonchev–Trinajstić information content (AvgIpc) is 2.87. The Kier molecular flexibility index (Phi) is 4.24. The van der Waals surface area contributed by atoms with Gasteiger partial charge in [-0.3, -0.25) is 9.48 Å². The first-order valence-electron chi connectivity index (χ1n) is 7.79. The first kappa shape index (κ1) is 14.8. The monoisotopic (exact) mass is 298 g/mol. The SMILES string of the molecule is CC(C)NC(=O)c1nn(Cc2ccccc2)c2c1CNCC2. The summed E-state index contributed by atoms with van der Waals surface area (Å²) in [5, 5.41) is 10.9. The number of rotatable bonds is 4. The van der Waals surface area contributed by atoms with Gasteiger partial charge >= 0.3 is 0 Å². The Balaban J connectivity index is 1.93. The Morgan fingerprint density at radius 3 is 2.86 bits per heavy atom. The van der Waals surface area contributed by atoms with Gasteiger partial charge in [0.1, 0.15) is 0 Å². The summed E-state index contributed by atoms with van der Waals surface area (Å²) in [4.78, 5) is 12.4. The van der Waals surface area contributed by atoms with E-state index in [1.807, 2.05) is 36.7 Å². The van der Waals surface area contributed by atoms with E-state index in [0.29, 0.717) is 18.8 Å². The van der Waals surface area contributed by atoms with Crippen LogP contribution in [0.3, 0.4) is 0 Å². The standard InChI is InChI=1S/C17H22N4O/c1-12(2)19-17(22)16-14-10-18-9-8-15(14)21(20-16)11-13-6-4-3-5-7-13/h3-7,12,18H,8-11H2,1-2H3,(H,19,22). The third kappa shape index (κ3) is 3.04. The van der Waals surface area contributed by atoms with Crippen LogP contribution in [0.5, 0.6) is 0 Å². The second kappa shape index (κ2) is 6.32. The van der Waals surface area contributed by atoms with Crippen molar-refractivity contribution >= 4 is 5.91 Å². The number of nitrogens with one attached hydrogen (secondary N) is 2. The molecule has 1 aromatic heterocycles. The smallest absolute Gasteiger partial charge is 0.272 e. The highest BCUT2D eigenvalue weighted by molar-refractivity contribution is 5.94. The second-order valence-electron chi connectivity index (χ2n) is 5.97. The maximum atomic E-state index is 12.4. The summed E-state index contributed by atoms with van der Waals surface area (Å²) in [6, 6.07) is 10.3. The highest BCUT2D eigenvalue weighted by Crippen LogP contribution is 2.20. The number of hydrogen-bond acceptors (Lipinski definition) is 3. The van der Waals surface area contributed by atoms with E-state index in [0.717, 1.165) is 18.5 Å². The average molecular weight is 298 g/mol. The highest BCUT2D eigenvalue weighted by Gasteiger charge is 2.25. The van der Waals surface area contributed by atoms with Crippen LogP contribution in [0.25, 0.3) is 0 Å². The van der Waals surface area contributed by atoms with Crippen molar-refractivity contribution in [1.82, 2.24) is 20.4 Å². The maximum absolute atomic E-state index is 12.4. The molecule has 1 amide bonds. The molecule has 0 radical (unpaired) electrons. The van der Waals surface area contributed by atoms with Crippen LogP contribution < -0.4 is 10.6 Å². The van der Waals surface area contributed by atoms with Crippen LogP contribution in [-0.4, -0.2) is 28.3 Å². The van der Waals surface area contributed by atoms with Gasteiger partial charge in [0, 0.05) is 36.8 Å². The molecule has 1 aromatic carbocycles. The van der Waals surface area contributed by atoms with E-state index in [1.54, 1.807) is 0 Å². The number of fused-ring (bicyclic) bond motifs is 1. The van der Waals surface area contributed by atoms with Crippen molar-refractivity contribution in [2.75, 3.05) is 6.54 Å². The number of amides is 1. The van der Waals surface area contributed by atoms with Crippen molar-refractivity contribution in [1.29, 1.82) is 0 Å². The first-order chi connectivity index (χ1) is 10.6. The van der Waals surface area contributed by atoms with Crippen molar-refractivity contribution in [3.8, 4) is 0 Å².